The first-order valence-electron chi connectivity index (χ1n) is 6.43. The van der Waals surface area contributed by atoms with E-state index in [-0.39, 0.29) is 0 Å². The molecule has 2 heterocycles. The van der Waals surface area contributed by atoms with Crippen LogP contribution in [0.3, 0.4) is 0 Å². The molecular formula is C15H16N2O2. The van der Waals surface area contributed by atoms with Crippen molar-refractivity contribution in [2.75, 3.05) is 18.0 Å². The monoisotopic (exact) mass is 256 g/mol. The van der Waals surface area contributed by atoms with Crippen LogP contribution in [0.15, 0.2) is 36.4 Å². The van der Waals surface area contributed by atoms with Gasteiger partial charge in [0.2, 0.25) is 0 Å². The first-order chi connectivity index (χ1) is 9.08. The summed E-state index contributed by atoms with van der Waals surface area (Å²) >= 11 is 0. The van der Waals surface area contributed by atoms with Crippen LogP contribution in [0.2, 0.25) is 0 Å². The van der Waals surface area contributed by atoms with Gasteiger partial charge in [-0.25, -0.2) is 4.98 Å². The Labute approximate surface area is 111 Å². The third-order valence-electron chi connectivity index (χ3n) is 3.90. The van der Waals surface area contributed by atoms with Crippen molar-refractivity contribution in [3.05, 3.63) is 36.4 Å². The lowest BCUT2D eigenvalue weighted by molar-refractivity contribution is -0.146. The average Bonchev–Trinajstić information content (AvgIpc) is 2.82. The van der Waals surface area contributed by atoms with Crippen molar-refractivity contribution in [1.82, 2.24) is 4.98 Å². The van der Waals surface area contributed by atoms with Gasteiger partial charge in [0.1, 0.15) is 5.82 Å². The molecule has 0 aliphatic carbocycles. The minimum atomic E-state index is -0.726. The van der Waals surface area contributed by atoms with Gasteiger partial charge in [-0.1, -0.05) is 18.2 Å². The summed E-state index contributed by atoms with van der Waals surface area (Å²) in [4.78, 5) is 17.9. The second kappa shape index (κ2) is 4.23. The van der Waals surface area contributed by atoms with Gasteiger partial charge in [0.25, 0.3) is 0 Å². The number of hydrogen-bond donors (Lipinski definition) is 1. The van der Waals surface area contributed by atoms with E-state index < -0.39 is 11.4 Å². The number of rotatable bonds is 2. The topological polar surface area (TPSA) is 53.4 Å². The van der Waals surface area contributed by atoms with Crippen LogP contribution >= 0.6 is 0 Å². The fourth-order valence-corrected chi connectivity index (χ4v) is 2.56. The van der Waals surface area contributed by atoms with Gasteiger partial charge >= 0.3 is 5.97 Å². The van der Waals surface area contributed by atoms with Crippen LogP contribution < -0.4 is 4.90 Å². The fraction of sp³-hybridized carbons (Fsp3) is 0.333. The van der Waals surface area contributed by atoms with Crippen molar-refractivity contribution >= 4 is 22.7 Å². The molecule has 4 nitrogen and oxygen atoms in total. The van der Waals surface area contributed by atoms with Gasteiger partial charge in [-0.15, -0.1) is 0 Å². The molecular weight excluding hydrogens is 240 g/mol. The van der Waals surface area contributed by atoms with Gasteiger partial charge in [0, 0.05) is 18.5 Å². The molecule has 1 aromatic heterocycles. The summed E-state index contributed by atoms with van der Waals surface area (Å²) in [7, 11) is 0. The van der Waals surface area contributed by atoms with Crippen LogP contribution in [-0.2, 0) is 4.79 Å². The van der Waals surface area contributed by atoms with Crippen LogP contribution in [-0.4, -0.2) is 29.1 Å². The molecule has 1 aromatic carbocycles. The molecule has 98 valence electrons. The first kappa shape index (κ1) is 12.0. The zero-order chi connectivity index (χ0) is 13.5. The lowest BCUT2D eigenvalue weighted by Gasteiger charge is -2.21. The van der Waals surface area contributed by atoms with E-state index >= 15 is 0 Å². The highest BCUT2D eigenvalue weighted by molar-refractivity contribution is 5.81. The highest BCUT2D eigenvalue weighted by atomic mass is 16.4. The van der Waals surface area contributed by atoms with E-state index in [1.807, 2.05) is 36.4 Å². The van der Waals surface area contributed by atoms with Gasteiger partial charge in [-0.2, -0.15) is 0 Å². The Morgan fingerprint density at radius 1 is 1.32 bits per heavy atom. The van der Waals surface area contributed by atoms with Gasteiger partial charge < -0.3 is 10.0 Å². The summed E-state index contributed by atoms with van der Waals surface area (Å²) < 4.78 is 0. The predicted molar refractivity (Wildman–Crippen MR) is 74.3 cm³/mol. The van der Waals surface area contributed by atoms with Gasteiger partial charge in [-0.05, 0) is 31.5 Å². The Kier molecular flexibility index (Phi) is 2.66. The van der Waals surface area contributed by atoms with Crippen molar-refractivity contribution in [3.8, 4) is 0 Å². The summed E-state index contributed by atoms with van der Waals surface area (Å²) in [5.41, 5.74) is 0.289. The molecule has 1 unspecified atom stereocenters. The van der Waals surface area contributed by atoms with Crippen LogP contribution in [0.4, 0.5) is 5.82 Å². The summed E-state index contributed by atoms with van der Waals surface area (Å²) in [6, 6.07) is 12.0. The quantitative estimate of drug-likeness (QED) is 0.897. The molecule has 0 spiro atoms. The van der Waals surface area contributed by atoms with Gasteiger partial charge in [0.15, 0.2) is 0 Å². The van der Waals surface area contributed by atoms with Crippen LogP contribution in [0.25, 0.3) is 10.9 Å². The molecule has 0 radical (unpaired) electrons. The Hall–Kier alpha value is -2.10. The number of anilines is 1. The van der Waals surface area contributed by atoms with Crippen molar-refractivity contribution < 1.29 is 9.90 Å². The molecule has 1 aliphatic heterocycles. The molecule has 1 fully saturated rings. The van der Waals surface area contributed by atoms with Gasteiger partial charge in [0.05, 0.1) is 10.9 Å². The Morgan fingerprint density at radius 2 is 2.11 bits per heavy atom. The van der Waals surface area contributed by atoms with Crippen molar-refractivity contribution in [3.63, 3.8) is 0 Å². The third kappa shape index (κ3) is 2.03. The highest BCUT2D eigenvalue weighted by Gasteiger charge is 2.40. The maximum atomic E-state index is 11.3. The van der Waals surface area contributed by atoms with E-state index in [9.17, 15) is 9.90 Å². The minimum absolute atomic E-state index is 0.522. The molecule has 3 rings (SSSR count). The average molecular weight is 256 g/mol. The minimum Gasteiger partial charge on any atom is -0.481 e. The number of pyridine rings is 1. The zero-order valence-electron chi connectivity index (χ0n) is 10.8. The Morgan fingerprint density at radius 3 is 2.84 bits per heavy atom. The second-order valence-corrected chi connectivity index (χ2v) is 5.40. The van der Waals surface area contributed by atoms with E-state index in [1.54, 1.807) is 6.92 Å². The number of fused-ring (bicyclic) bond motifs is 1. The summed E-state index contributed by atoms with van der Waals surface area (Å²) in [5.74, 6) is 0.138. The zero-order valence-corrected chi connectivity index (χ0v) is 10.8. The number of nitrogens with zero attached hydrogens (tertiary/aromatic N) is 2. The number of carbonyl (C=O) groups is 1. The van der Waals surface area contributed by atoms with E-state index in [1.165, 1.54) is 0 Å². The lowest BCUT2D eigenvalue weighted by Crippen LogP contribution is -2.31. The largest absolute Gasteiger partial charge is 0.481 e. The van der Waals surface area contributed by atoms with E-state index in [2.05, 4.69) is 9.88 Å². The molecule has 0 bridgehead atoms. The molecule has 1 atom stereocenters. The van der Waals surface area contributed by atoms with E-state index in [4.69, 9.17) is 0 Å². The molecule has 19 heavy (non-hydrogen) atoms. The maximum Gasteiger partial charge on any atom is 0.311 e. The predicted octanol–water partition coefficient (Wildman–Crippen LogP) is 2.54. The standard InChI is InChI=1S/C15H16N2O2/c1-15(14(18)19)8-9-17(10-15)13-7-6-11-4-2-3-5-12(11)16-13/h2-7H,8-10H2,1H3,(H,18,19). The molecule has 4 heteroatoms. The van der Waals surface area contributed by atoms with E-state index in [0.717, 1.165) is 23.3 Å². The summed E-state index contributed by atoms with van der Waals surface area (Å²) in [5, 5.41) is 10.4. The second-order valence-electron chi connectivity index (χ2n) is 5.40. The van der Waals surface area contributed by atoms with Crippen LogP contribution in [0, 0.1) is 5.41 Å². The summed E-state index contributed by atoms with van der Waals surface area (Å²) in [6.45, 7) is 3.07. The number of aliphatic carboxylic acids is 1. The SMILES string of the molecule is CC1(C(=O)O)CCN(c2ccc3ccccc3n2)C1. The molecule has 0 amide bonds. The van der Waals surface area contributed by atoms with Crippen molar-refractivity contribution in [2.24, 2.45) is 5.41 Å². The lowest BCUT2D eigenvalue weighted by atomic mass is 9.90. The third-order valence-corrected chi connectivity index (χ3v) is 3.90. The number of benzene rings is 1. The highest BCUT2D eigenvalue weighted by Crippen LogP contribution is 2.33. The van der Waals surface area contributed by atoms with Crippen molar-refractivity contribution in [2.45, 2.75) is 13.3 Å². The molecule has 1 N–H and O–H groups in total. The number of carboxylic acid groups (broad SMARTS) is 1. The molecule has 2 aromatic rings. The number of carboxylic acids is 1. The number of para-hydroxylation sites is 1. The smallest absolute Gasteiger partial charge is 0.311 e. The first-order valence-corrected chi connectivity index (χ1v) is 6.43. The number of aromatic nitrogens is 1. The molecule has 1 aliphatic rings. The van der Waals surface area contributed by atoms with Crippen LogP contribution in [0.5, 0.6) is 0 Å². The Bertz CT molecular complexity index is 641. The van der Waals surface area contributed by atoms with E-state index in [0.29, 0.717) is 13.0 Å². The molecule has 1 saturated heterocycles. The normalized spacial score (nSPS) is 22.9. The Balaban J connectivity index is 1.92. The van der Waals surface area contributed by atoms with Crippen LogP contribution in [0.1, 0.15) is 13.3 Å². The summed E-state index contributed by atoms with van der Waals surface area (Å²) in [6.07, 6.45) is 0.664. The maximum absolute atomic E-state index is 11.3. The van der Waals surface area contributed by atoms with Gasteiger partial charge in [-0.3, -0.25) is 4.79 Å². The molecule has 0 saturated carbocycles. The fourth-order valence-electron chi connectivity index (χ4n) is 2.56. The van der Waals surface area contributed by atoms with Crippen molar-refractivity contribution in [1.29, 1.82) is 0 Å². The number of hydrogen-bond acceptors (Lipinski definition) is 3.